The number of hydrogen-bond donors (Lipinski definition) is 1. The van der Waals surface area contributed by atoms with Gasteiger partial charge in [-0.3, -0.25) is 19.3 Å². The lowest BCUT2D eigenvalue weighted by Gasteiger charge is -2.19. The zero-order chi connectivity index (χ0) is 17.7. The maximum absolute atomic E-state index is 12.6. The van der Waals surface area contributed by atoms with Crippen molar-refractivity contribution in [2.24, 2.45) is 23.7 Å². The Hall–Kier alpha value is -2.17. The first-order valence-electron chi connectivity index (χ1n) is 9.18. The number of amides is 3. The van der Waals surface area contributed by atoms with Crippen molar-refractivity contribution in [2.45, 2.75) is 39.5 Å². The summed E-state index contributed by atoms with van der Waals surface area (Å²) in [5.41, 5.74) is 2.93. The van der Waals surface area contributed by atoms with Crippen molar-refractivity contribution in [3.8, 4) is 0 Å². The van der Waals surface area contributed by atoms with Gasteiger partial charge in [0, 0.05) is 18.7 Å². The average Bonchev–Trinajstić information content (AvgIpc) is 3.23. The van der Waals surface area contributed by atoms with E-state index in [0.717, 1.165) is 36.1 Å². The van der Waals surface area contributed by atoms with Crippen molar-refractivity contribution in [1.29, 1.82) is 0 Å². The van der Waals surface area contributed by atoms with E-state index >= 15 is 0 Å². The Labute approximate surface area is 147 Å². The lowest BCUT2D eigenvalue weighted by atomic mass is 9.81. The molecule has 1 saturated heterocycles. The van der Waals surface area contributed by atoms with E-state index < -0.39 is 0 Å². The van der Waals surface area contributed by atoms with E-state index in [9.17, 15) is 14.4 Å². The van der Waals surface area contributed by atoms with Gasteiger partial charge in [-0.25, -0.2) is 0 Å². The third kappa shape index (κ3) is 2.66. The van der Waals surface area contributed by atoms with Gasteiger partial charge in [-0.15, -0.1) is 0 Å². The standard InChI is InChI=1S/C20H24N2O3/c1-11-3-6-15(12(2)9-11)21-16(23)7-8-22-19(24)17-13-4-5-14(10-13)18(17)20(22)25/h3,6,9,13-14,17-18H,4-5,7-8,10H2,1-2H3,(H,21,23)/t13-,14-,17-,18-/m0/s1. The highest BCUT2D eigenvalue weighted by Gasteiger charge is 2.60. The SMILES string of the molecule is Cc1ccc(NC(=O)CCN2C(=O)[C@H]3[C@H]4CC[C@@H](C4)[C@@H]3C2=O)c(C)c1. The predicted octanol–water partition coefficient (Wildman–Crippen LogP) is 2.66. The fourth-order valence-corrected chi connectivity index (χ4v) is 5.07. The van der Waals surface area contributed by atoms with Crippen LogP contribution in [0.1, 0.15) is 36.8 Å². The lowest BCUT2D eigenvalue weighted by molar-refractivity contribution is -0.140. The van der Waals surface area contributed by atoms with Gasteiger partial charge in [-0.2, -0.15) is 0 Å². The van der Waals surface area contributed by atoms with Gasteiger partial charge in [0.05, 0.1) is 11.8 Å². The third-order valence-corrected chi connectivity index (χ3v) is 6.24. The van der Waals surface area contributed by atoms with E-state index in [1.165, 1.54) is 4.90 Å². The summed E-state index contributed by atoms with van der Waals surface area (Å²) >= 11 is 0. The minimum absolute atomic E-state index is 0.0403. The van der Waals surface area contributed by atoms with Crippen LogP contribution in [0.15, 0.2) is 18.2 Å². The number of carbonyl (C=O) groups excluding carboxylic acids is 3. The van der Waals surface area contributed by atoms with Crippen LogP contribution in [0.2, 0.25) is 0 Å². The van der Waals surface area contributed by atoms with Gasteiger partial charge >= 0.3 is 0 Å². The summed E-state index contributed by atoms with van der Waals surface area (Å²) in [6.45, 7) is 4.15. The normalized spacial score (nSPS) is 30.1. The van der Waals surface area contributed by atoms with Crippen molar-refractivity contribution in [3.05, 3.63) is 29.3 Å². The molecular formula is C20H24N2O3. The maximum Gasteiger partial charge on any atom is 0.233 e. The van der Waals surface area contributed by atoms with Gasteiger partial charge < -0.3 is 5.32 Å². The first kappa shape index (κ1) is 16.3. The van der Waals surface area contributed by atoms with Crippen molar-refractivity contribution in [3.63, 3.8) is 0 Å². The molecule has 0 radical (unpaired) electrons. The molecule has 0 aromatic heterocycles. The van der Waals surface area contributed by atoms with Crippen molar-refractivity contribution in [1.82, 2.24) is 4.90 Å². The van der Waals surface area contributed by atoms with Crippen LogP contribution in [0.4, 0.5) is 5.69 Å². The number of benzene rings is 1. The van der Waals surface area contributed by atoms with Crippen LogP contribution >= 0.6 is 0 Å². The summed E-state index contributed by atoms with van der Waals surface area (Å²) in [5.74, 6) is 0.332. The highest BCUT2D eigenvalue weighted by molar-refractivity contribution is 6.06. The number of carbonyl (C=O) groups is 3. The first-order valence-corrected chi connectivity index (χ1v) is 9.18. The molecule has 132 valence electrons. The number of nitrogens with zero attached hydrogens (tertiary/aromatic N) is 1. The smallest absolute Gasteiger partial charge is 0.233 e. The number of imide groups is 1. The molecule has 1 aromatic rings. The molecule has 2 saturated carbocycles. The zero-order valence-corrected chi connectivity index (χ0v) is 14.7. The van der Waals surface area contributed by atoms with Gasteiger partial charge in [0.15, 0.2) is 0 Å². The van der Waals surface area contributed by atoms with Crippen LogP contribution in [0.5, 0.6) is 0 Å². The zero-order valence-electron chi connectivity index (χ0n) is 14.7. The fourth-order valence-electron chi connectivity index (χ4n) is 5.07. The molecule has 25 heavy (non-hydrogen) atoms. The fraction of sp³-hybridized carbons (Fsp3) is 0.550. The maximum atomic E-state index is 12.6. The number of anilines is 1. The molecule has 2 aliphatic carbocycles. The van der Waals surface area contributed by atoms with Crippen LogP contribution in [0, 0.1) is 37.5 Å². The molecule has 3 amide bonds. The molecule has 0 spiro atoms. The molecule has 3 fully saturated rings. The molecule has 2 bridgehead atoms. The molecule has 5 heteroatoms. The number of aryl methyl sites for hydroxylation is 2. The second-order valence-corrected chi connectivity index (χ2v) is 7.83. The summed E-state index contributed by atoms with van der Waals surface area (Å²) < 4.78 is 0. The van der Waals surface area contributed by atoms with E-state index in [0.29, 0.717) is 11.8 Å². The molecule has 1 N–H and O–H groups in total. The van der Waals surface area contributed by atoms with E-state index in [1.807, 2.05) is 32.0 Å². The van der Waals surface area contributed by atoms with Crippen LogP contribution < -0.4 is 5.32 Å². The summed E-state index contributed by atoms with van der Waals surface area (Å²) in [5, 5.41) is 2.88. The summed E-state index contributed by atoms with van der Waals surface area (Å²) in [4.78, 5) is 38.8. The summed E-state index contributed by atoms with van der Waals surface area (Å²) in [7, 11) is 0. The Morgan fingerprint density at radius 1 is 1.12 bits per heavy atom. The molecule has 0 unspecified atom stereocenters. The Morgan fingerprint density at radius 3 is 2.36 bits per heavy atom. The quantitative estimate of drug-likeness (QED) is 0.857. The topological polar surface area (TPSA) is 66.5 Å². The minimum Gasteiger partial charge on any atom is -0.326 e. The summed E-state index contributed by atoms with van der Waals surface area (Å²) in [6, 6.07) is 5.85. The van der Waals surface area contributed by atoms with Gasteiger partial charge in [0.1, 0.15) is 0 Å². The van der Waals surface area contributed by atoms with Gasteiger partial charge in [0.25, 0.3) is 0 Å². The largest absolute Gasteiger partial charge is 0.326 e. The van der Waals surface area contributed by atoms with Crippen LogP contribution in [0.3, 0.4) is 0 Å². The Bertz CT molecular complexity index is 729. The first-order chi connectivity index (χ1) is 12.0. The molecule has 4 atom stereocenters. The van der Waals surface area contributed by atoms with Crippen LogP contribution in [0.25, 0.3) is 0 Å². The molecule has 1 heterocycles. The van der Waals surface area contributed by atoms with Gasteiger partial charge in [0.2, 0.25) is 17.7 Å². The molecule has 4 rings (SSSR count). The van der Waals surface area contributed by atoms with E-state index in [4.69, 9.17) is 0 Å². The van der Waals surface area contributed by atoms with Crippen molar-refractivity contribution in [2.75, 3.05) is 11.9 Å². The van der Waals surface area contributed by atoms with E-state index in [1.54, 1.807) is 0 Å². The number of hydrogen-bond acceptors (Lipinski definition) is 3. The molecular weight excluding hydrogens is 316 g/mol. The monoisotopic (exact) mass is 340 g/mol. The van der Waals surface area contributed by atoms with Crippen LogP contribution in [-0.2, 0) is 14.4 Å². The highest BCUT2D eigenvalue weighted by atomic mass is 16.2. The number of nitrogens with one attached hydrogen (secondary N) is 1. The van der Waals surface area contributed by atoms with Crippen LogP contribution in [-0.4, -0.2) is 29.2 Å². The van der Waals surface area contributed by atoms with Gasteiger partial charge in [-0.05, 0) is 56.6 Å². The molecule has 1 aliphatic heterocycles. The second-order valence-electron chi connectivity index (χ2n) is 7.83. The Morgan fingerprint density at radius 2 is 1.76 bits per heavy atom. The van der Waals surface area contributed by atoms with E-state index in [2.05, 4.69) is 5.32 Å². The average molecular weight is 340 g/mol. The Kier molecular flexibility index (Phi) is 3.89. The van der Waals surface area contributed by atoms with Crippen molar-refractivity contribution >= 4 is 23.4 Å². The molecule has 3 aliphatic rings. The number of fused-ring (bicyclic) bond motifs is 5. The minimum atomic E-state index is -0.160. The van der Waals surface area contributed by atoms with E-state index in [-0.39, 0.29) is 42.5 Å². The lowest BCUT2D eigenvalue weighted by Crippen LogP contribution is -2.35. The molecule has 5 nitrogen and oxygen atoms in total. The third-order valence-electron chi connectivity index (χ3n) is 6.24. The highest BCUT2D eigenvalue weighted by Crippen LogP contribution is 2.56. The second kappa shape index (κ2) is 5.97. The van der Waals surface area contributed by atoms with Gasteiger partial charge in [-0.1, -0.05) is 17.7 Å². The predicted molar refractivity (Wildman–Crippen MR) is 93.7 cm³/mol. The van der Waals surface area contributed by atoms with Crippen molar-refractivity contribution < 1.29 is 14.4 Å². The molecule has 1 aromatic carbocycles. The summed E-state index contributed by atoms with van der Waals surface area (Å²) in [6.07, 6.45) is 3.34. The number of likely N-dealkylation sites (tertiary alicyclic amines) is 1. The number of rotatable bonds is 4. The Balaban J connectivity index is 1.37.